The zero-order valence-electron chi connectivity index (χ0n) is 13.4. The van der Waals surface area contributed by atoms with Gasteiger partial charge < -0.3 is 21.9 Å². The van der Waals surface area contributed by atoms with Gasteiger partial charge in [0.2, 0.25) is 0 Å². The number of rotatable bonds is 2. The molecule has 1 aliphatic rings. The Labute approximate surface area is 145 Å². The smallest absolute Gasteiger partial charge is 0.340 e. The number of nitrogens with two attached hydrogens (primary N) is 3. The van der Waals surface area contributed by atoms with E-state index in [2.05, 4.69) is 0 Å². The topological polar surface area (TPSA) is 104 Å². The zero-order valence-corrected chi connectivity index (χ0v) is 13.4. The van der Waals surface area contributed by atoms with Crippen molar-refractivity contribution in [3.63, 3.8) is 0 Å². The Kier molecular flexibility index (Phi) is 3.18. The van der Waals surface area contributed by atoms with Crippen molar-refractivity contribution < 1.29 is 9.53 Å². The first kappa shape index (κ1) is 15.1. The lowest BCUT2D eigenvalue weighted by molar-refractivity contribution is 0.0256. The van der Waals surface area contributed by atoms with Crippen LogP contribution in [0.1, 0.15) is 27.0 Å². The van der Waals surface area contributed by atoms with Crippen LogP contribution in [0.4, 0.5) is 17.1 Å². The molecule has 0 unspecified atom stereocenters. The Hall–Kier alpha value is -3.47. The lowest BCUT2D eigenvalue weighted by Crippen LogP contribution is -2.31. The van der Waals surface area contributed by atoms with Crippen LogP contribution in [0.3, 0.4) is 0 Å². The summed E-state index contributed by atoms with van der Waals surface area (Å²) in [6.45, 7) is 0. The molecule has 0 fully saturated rings. The van der Waals surface area contributed by atoms with Crippen molar-refractivity contribution in [3.05, 3.63) is 89.0 Å². The highest BCUT2D eigenvalue weighted by atomic mass is 16.6. The third-order valence-corrected chi connectivity index (χ3v) is 4.57. The molecular weight excluding hydrogens is 314 g/mol. The third kappa shape index (κ3) is 2.06. The van der Waals surface area contributed by atoms with Gasteiger partial charge in [-0.3, -0.25) is 0 Å². The van der Waals surface area contributed by atoms with E-state index in [4.69, 9.17) is 21.9 Å². The maximum atomic E-state index is 12.6. The third-order valence-electron chi connectivity index (χ3n) is 4.57. The highest BCUT2D eigenvalue weighted by Gasteiger charge is 2.50. The minimum absolute atomic E-state index is 0.423. The number of benzene rings is 3. The van der Waals surface area contributed by atoms with Gasteiger partial charge in [0, 0.05) is 33.8 Å². The van der Waals surface area contributed by atoms with Gasteiger partial charge in [0.15, 0.2) is 5.60 Å². The number of esters is 1. The zero-order chi connectivity index (χ0) is 17.6. The molecule has 0 aliphatic carbocycles. The molecular formula is C20H17N3O2. The number of nitrogen functional groups attached to an aromatic ring is 3. The summed E-state index contributed by atoms with van der Waals surface area (Å²) in [6.07, 6.45) is 0. The van der Waals surface area contributed by atoms with Gasteiger partial charge in [0.25, 0.3) is 0 Å². The summed E-state index contributed by atoms with van der Waals surface area (Å²) in [5, 5.41) is 0. The van der Waals surface area contributed by atoms with E-state index < -0.39 is 11.6 Å². The quantitative estimate of drug-likeness (QED) is 0.495. The molecule has 25 heavy (non-hydrogen) atoms. The first-order chi connectivity index (χ1) is 12.0. The Bertz CT molecular complexity index is 952. The van der Waals surface area contributed by atoms with Crippen LogP contribution < -0.4 is 17.2 Å². The molecule has 5 nitrogen and oxygen atoms in total. The summed E-state index contributed by atoms with van der Waals surface area (Å²) in [5.74, 6) is -0.450. The minimum Gasteiger partial charge on any atom is -0.440 e. The molecule has 0 atom stereocenters. The van der Waals surface area contributed by atoms with Crippen LogP contribution in [0.25, 0.3) is 0 Å². The van der Waals surface area contributed by atoms with E-state index in [0.29, 0.717) is 39.3 Å². The number of para-hydroxylation sites is 2. The Morgan fingerprint density at radius 2 is 1.28 bits per heavy atom. The standard InChI is InChI=1S/C20H17N3O2/c21-12-9-10-14-13(11-12)19(24)25-20(14,15-5-1-3-7-17(15)22)16-6-2-4-8-18(16)23/h1-11H,21-23H2. The van der Waals surface area contributed by atoms with Crippen LogP contribution >= 0.6 is 0 Å². The molecule has 0 bridgehead atoms. The van der Waals surface area contributed by atoms with Crippen molar-refractivity contribution in [2.45, 2.75) is 5.60 Å². The number of hydrogen-bond donors (Lipinski definition) is 3. The van der Waals surface area contributed by atoms with Gasteiger partial charge in [0.05, 0.1) is 5.56 Å². The number of carbonyl (C=O) groups is 1. The molecule has 3 aromatic carbocycles. The van der Waals surface area contributed by atoms with E-state index in [1.54, 1.807) is 30.3 Å². The van der Waals surface area contributed by atoms with Crippen LogP contribution in [0.2, 0.25) is 0 Å². The molecule has 0 spiro atoms. The molecule has 124 valence electrons. The highest BCUT2D eigenvalue weighted by molar-refractivity contribution is 5.98. The van der Waals surface area contributed by atoms with Gasteiger partial charge >= 0.3 is 5.97 Å². The van der Waals surface area contributed by atoms with E-state index >= 15 is 0 Å². The van der Waals surface area contributed by atoms with Crippen LogP contribution in [-0.2, 0) is 10.3 Å². The van der Waals surface area contributed by atoms with E-state index in [0.717, 1.165) is 0 Å². The second kappa shape index (κ2) is 5.27. The van der Waals surface area contributed by atoms with Crippen molar-refractivity contribution >= 4 is 23.0 Å². The Balaban J connectivity index is 2.12. The van der Waals surface area contributed by atoms with Gasteiger partial charge in [-0.1, -0.05) is 42.5 Å². The second-order valence-electron chi connectivity index (χ2n) is 6.05. The molecule has 0 saturated carbocycles. The fourth-order valence-electron chi connectivity index (χ4n) is 3.47. The summed E-state index contributed by atoms with van der Waals surface area (Å²) >= 11 is 0. The van der Waals surface area contributed by atoms with Crippen LogP contribution in [-0.4, -0.2) is 5.97 Å². The predicted octanol–water partition coefficient (Wildman–Crippen LogP) is 2.90. The molecule has 1 heterocycles. The monoisotopic (exact) mass is 331 g/mol. The first-order valence-corrected chi connectivity index (χ1v) is 7.87. The lowest BCUT2D eigenvalue weighted by atomic mass is 9.78. The molecule has 3 aromatic rings. The average molecular weight is 331 g/mol. The van der Waals surface area contributed by atoms with Gasteiger partial charge in [-0.25, -0.2) is 4.79 Å². The molecule has 0 saturated heterocycles. The summed E-state index contributed by atoms with van der Waals surface area (Å²) in [4.78, 5) is 12.6. The molecule has 0 radical (unpaired) electrons. The highest BCUT2D eigenvalue weighted by Crippen LogP contribution is 2.50. The molecule has 0 amide bonds. The minimum atomic E-state index is -1.20. The van der Waals surface area contributed by atoms with Crippen LogP contribution in [0.15, 0.2) is 66.7 Å². The lowest BCUT2D eigenvalue weighted by Gasteiger charge is -2.32. The summed E-state index contributed by atoms with van der Waals surface area (Å²) in [5.41, 5.74) is 21.1. The van der Waals surface area contributed by atoms with Gasteiger partial charge in [-0.05, 0) is 24.3 Å². The summed E-state index contributed by atoms with van der Waals surface area (Å²) in [6, 6.07) is 19.8. The fraction of sp³-hybridized carbons (Fsp3) is 0.0500. The number of carbonyl (C=O) groups excluding carboxylic acids is 1. The largest absolute Gasteiger partial charge is 0.440 e. The van der Waals surface area contributed by atoms with E-state index in [1.807, 2.05) is 36.4 Å². The van der Waals surface area contributed by atoms with E-state index in [1.165, 1.54) is 0 Å². The molecule has 0 aromatic heterocycles. The number of anilines is 3. The summed E-state index contributed by atoms with van der Waals surface area (Å²) in [7, 11) is 0. The normalized spacial score (nSPS) is 14.8. The maximum absolute atomic E-state index is 12.6. The van der Waals surface area contributed by atoms with Gasteiger partial charge in [-0.15, -0.1) is 0 Å². The first-order valence-electron chi connectivity index (χ1n) is 7.87. The number of hydrogen-bond acceptors (Lipinski definition) is 5. The van der Waals surface area contributed by atoms with Crippen LogP contribution in [0.5, 0.6) is 0 Å². The fourth-order valence-corrected chi connectivity index (χ4v) is 3.47. The van der Waals surface area contributed by atoms with Gasteiger partial charge in [-0.2, -0.15) is 0 Å². The van der Waals surface area contributed by atoms with Crippen molar-refractivity contribution in [2.24, 2.45) is 0 Å². The van der Waals surface area contributed by atoms with Crippen molar-refractivity contribution in [1.29, 1.82) is 0 Å². The molecule has 6 N–H and O–H groups in total. The number of cyclic esters (lactones) is 1. The molecule has 5 heteroatoms. The Morgan fingerprint density at radius 1 is 0.720 bits per heavy atom. The number of ether oxygens (including phenoxy) is 1. The van der Waals surface area contributed by atoms with Crippen molar-refractivity contribution in [2.75, 3.05) is 17.2 Å². The van der Waals surface area contributed by atoms with Crippen LogP contribution in [0, 0.1) is 0 Å². The van der Waals surface area contributed by atoms with E-state index in [-0.39, 0.29) is 0 Å². The average Bonchev–Trinajstić information content (AvgIpc) is 2.89. The van der Waals surface area contributed by atoms with Gasteiger partial charge in [0.1, 0.15) is 0 Å². The van der Waals surface area contributed by atoms with Crippen molar-refractivity contribution in [3.8, 4) is 0 Å². The SMILES string of the molecule is Nc1ccc2c(c1)C(=O)OC2(c1ccccc1N)c1ccccc1N. The Morgan fingerprint density at radius 3 is 1.84 bits per heavy atom. The van der Waals surface area contributed by atoms with E-state index in [9.17, 15) is 4.79 Å². The summed E-state index contributed by atoms with van der Waals surface area (Å²) < 4.78 is 5.95. The molecule has 1 aliphatic heterocycles. The predicted molar refractivity (Wildman–Crippen MR) is 97.9 cm³/mol. The molecule has 4 rings (SSSR count). The second-order valence-corrected chi connectivity index (χ2v) is 6.05. The maximum Gasteiger partial charge on any atom is 0.340 e. The number of fused-ring (bicyclic) bond motifs is 1. The van der Waals surface area contributed by atoms with Crippen molar-refractivity contribution in [1.82, 2.24) is 0 Å².